The molecule has 1 saturated heterocycles. The normalized spacial score (nSPS) is 18.7. The molecule has 7 rings (SSSR count). The quantitative estimate of drug-likeness (QED) is 0.104. The van der Waals surface area contributed by atoms with E-state index in [9.17, 15) is 19.2 Å². The molecule has 58 heavy (non-hydrogen) atoms. The van der Waals surface area contributed by atoms with Crippen LogP contribution in [-0.4, -0.2) is 85.2 Å². The molecule has 6 aromatic rings. The van der Waals surface area contributed by atoms with Gasteiger partial charge in [0, 0.05) is 19.5 Å². The van der Waals surface area contributed by atoms with Crippen molar-refractivity contribution in [3.8, 4) is 0 Å². The average Bonchev–Trinajstić information content (AvgIpc) is 3.25. The summed E-state index contributed by atoms with van der Waals surface area (Å²) >= 11 is 0. The van der Waals surface area contributed by atoms with E-state index in [1.165, 1.54) is 0 Å². The lowest BCUT2D eigenvalue weighted by Crippen LogP contribution is -2.64. The van der Waals surface area contributed by atoms with Crippen molar-refractivity contribution in [1.29, 1.82) is 0 Å². The molecule has 294 valence electrons. The van der Waals surface area contributed by atoms with Crippen molar-refractivity contribution < 1.29 is 42.9 Å². The molecule has 2 heterocycles. The van der Waals surface area contributed by atoms with E-state index in [1.807, 2.05) is 44.1 Å². The molecule has 13 heteroatoms. The van der Waals surface area contributed by atoms with Crippen LogP contribution >= 0.6 is 0 Å². The van der Waals surface area contributed by atoms with Crippen molar-refractivity contribution in [3.05, 3.63) is 167 Å². The molecule has 1 aliphatic heterocycles. The Labute approximate surface area is 334 Å². The van der Waals surface area contributed by atoms with Gasteiger partial charge in [0.2, 0.25) is 5.95 Å². The number of carbonyl (C=O) groups excluding carboxylic acids is 4. The zero-order valence-electron chi connectivity index (χ0n) is 31.9. The fourth-order valence-electron chi connectivity index (χ4n) is 6.44. The highest BCUT2D eigenvalue weighted by Crippen LogP contribution is 2.33. The molecule has 0 saturated carbocycles. The summed E-state index contributed by atoms with van der Waals surface area (Å²) in [7, 11) is 3.68. The van der Waals surface area contributed by atoms with Crippen LogP contribution in [0, 0.1) is 6.92 Å². The number of hydrogen-bond acceptors (Lipinski definition) is 13. The van der Waals surface area contributed by atoms with Gasteiger partial charge in [-0.1, -0.05) is 78.9 Å². The maximum Gasteiger partial charge on any atom is 0.338 e. The van der Waals surface area contributed by atoms with E-state index >= 15 is 0 Å². The van der Waals surface area contributed by atoms with E-state index in [4.69, 9.17) is 33.7 Å². The number of aryl methyl sites for hydroxylation is 1. The van der Waals surface area contributed by atoms with Gasteiger partial charge in [-0.05, 0) is 73.2 Å². The minimum Gasteiger partial charge on any atom is -0.459 e. The Bertz CT molecular complexity index is 2380. The average molecular weight is 781 g/mol. The summed E-state index contributed by atoms with van der Waals surface area (Å²) in [4.78, 5) is 66.4. The number of nitrogens with zero attached hydrogens (tertiary/aromatic N) is 3. The van der Waals surface area contributed by atoms with Gasteiger partial charge in [0.25, 0.3) is 0 Å². The number of rotatable bonds is 12. The third-order valence-electron chi connectivity index (χ3n) is 9.31. The fourth-order valence-corrected chi connectivity index (χ4v) is 6.44. The summed E-state index contributed by atoms with van der Waals surface area (Å²) in [6.07, 6.45) is -7.21. The van der Waals surface area contributed by atoms with Crippen LogP contribution in [-0.2, 0) is 23.7 Å². The lowest BCUT2D eigenvalue weighted by Gasteiger charge is -2.44. The van der Waals surface area contributed by atoms with Gasteiger partial charge in [-0.25, -0.2) is 24.2 Å². The second-order valence-electron chi connectivity index (χ2n) is 13.7. The number of esters is 4. The first kappa shape index (κ1) is 39.1. The summed E-state index contributed by atoms with van der Waals surface area (Å²) in [6, 6.07) is 38.7. The van der Waals surface area contributed by atoms with Crippen LogP contribution in [0.5, 0.6) is 0 Å². The van der Waals surface area contributed by atoms with Crippen molar-refractivity contribution >= 4 is 46.5 Å². The number of anilines is 2. The minimum atomic E-state index is -1.55. The van der Waals surface area contributed by atoms with Crippen LogP contribution in [0.4, 0.5) is 11.8 Å². The van der Waals surface area contributed by atoms with Crippen LogP contribution in [0.15, 0.2) is 140 Å². The van der Waals surface area contributed by atoms with E-state index in [-0.39, 0.29) is 28.2 Å². The highest BCUT2D eigenvalue weighted by atomic mass is 16.7. The molecule has 1 fully saturated rings. The second-order valence-corrected chi connectivity index (χ2v) is 13.7. The summed E-state index contributed by atoms with van der Waals surface area (Å²) < 4.78 is 30.9. The van der Waals surface area contributed by atoms with Crippen molar-refractivity contribution in [2.24, 2.45) is 0 Å². The largest absolute Gasteiger partial charge is 0.459 e. The molecule has 0 unspecified atom stereocenters. The number of benzene rings is 5. The van der Waals surface area contributed by atoms with E-state index in [1.54, 1.807) is 121 Å². The third kappa shape index (κ3) is 9.11. The predicted molar refractivity (Wildman–Crippen MR) is 215 cm³/mol. The van der Waals surface area contributed by atoms with E-state index in [2.05, 4.69) is 5.32 Å². The van der Waals surface area contributed by atoms with Gasteiger partial charge in [0.05, 0.1) is 27.8 Å². The van der Waals surface area contributed by atoms with Crippen LogP contribution in [0.2, 0.25) is 0 Å². The van der Waals surface area contributed by atoms with Crippen LogP contribution < -0.4 is 10.2 Å². The van der Waals surface area contributed by atoms with E-state index in [0.29, 0.717) is 11.3 Å². The summed E-state index contributed by atoms with van der Waals surface area (Å²) in [5, 5.41) is 3.96. The fraction of sp³-hybridized carbons (Fsp3) is 0.200. The van der Waals surface area contributed by atoms with Crippen molar-refractivity contribution in [1.82, 2.24) is 9.97 Å². The SMILES string of the molecule is Cc1ccc2c(N(C)C)nc(N[C@@H]3O[C@H](COC(=O)c4ccccc4)[C@H](OC(=O)c4ccccc4)[C@H](OC(=O)c4ccccc4)[C@H]3OC(=O)c3ccccc3)nc2c1. The van der Waals surface area contributed by atoms with Crippen LogP contribution in [0.3, 0.4) is 0 Å². The number of ether oxygens (including phenoxy) is 5. The Balaban J connectivity index is 1.34. The van der Waals surface area contributed by atoms with E-state index in [0.717, 1.165) is 10.9 Å². The second kappa shape index (κ2) is 17.8. The molecule has 0 radical (unpaired) electrons. The first-order valence-electron chi connectivity index (χ1n) is 18.5. The van der Waals surface area contributed by atoms with Gasteiger partial charge in [-0.3, -0.25) is 0 Å². The Morgan fingerprint density at radius 1 is 0.603 bits per heavy atom. The monoisotopic (exact) mass is 780 g/mol. The predicted octanol–water partition coefficient (Wildman–Crippen LogP) is 6.67. The first-order valence-corrected chi connectivity index (χ1v) is 18.5. The maximum absolute atomic E-state index is 14.0. The highest BCUT2D eigenvalue weighted by molar-refractivity contribution is 5.92. The Hall–Kier alpha value is -7.12. The number of nitrogens with one attached hydrogen (secondary N) is 1. The van der Waals surface area contributed by atoms with Gasteiger partial charge in [0.1, 0.15) is 18.5 Å². The molecule has 1 aliphatic rings. The van der Waals surface area contributed by atoms with Crippen molar-refractivity contribution in [2.45, 2.75) is 37.6 Å². The van der Waals surface area contributed by atoms with Gasteiger partial charge < -0.3 is 33.9 Å². The highest BCUT2D eigenvalue weighted by Gasteiger charge is 2.53. The van der Waals surface area contributed by atoms with Gasteiger partial charge in [-0.15, -0.1) is 0 Å². The van der Waals surface area contributed by atoms with E-state index < -0.39 is 61.1 Å². The first-order chi connectivity index (χ1) is 28.1. The minimum absolute atomic E-state index is 0.0838. The number of carbonyl (C=O) groups is 4. The molecule has 0 spiro atoms. The topological polar surface area (TPSA) is 155 Å². The van der Waals surface area contributed by atoms with Gasteiger partial charge in [-0.2, -0.15) is 4.98 Å². The maximum atomic E-state index is 14.0. The van der Waals surface area contributed by atoms with Crippen LogP contribution in [0.25, 0.3) is 10.9 Å². The number of hydrogen-bond donors (Lipinski definition) is 1. The lowest BCUT2D eigenvalue weighted by molar-refractivity contribution is -0.222. The smallest absolute Gasteiger partial charge is 0.338 e. The molecule has 5 aromatic carbocycles. The van der Waals surface area contributed by atoms with Crippen molar-refractivity contribution in [2.75, 3.05) is 30.9 Å². The molecule has 0 amide bonds. The molecule has 1 N–H and O–H groups in total. The van der Waals surface area contributed by atoms with Gasteiger partial charge >= 0.3 is 23.9 Å². The molecule has 1 aromatic heterocycles. The Morgan fingerprint density at radius 3 is 1.57 bits per heavy atom. The Kier molecular flexibility index (Phi) is 12.0. The zero-order chi connectivity index (χ0) is 40.6. The molecule has 0 aliphatic carbocycles. The summed E-state index contributed by atoms with van der Waals surface area (Å²) in [5.74, 6) is -2.40. The van der Waals surface area contributed by atoms with Crippen molar-refractivity contribution in [3.63, 3.8) is 0 Å². The molecular formula is C45H40N4O9. The zero-order valence-corrected chi connectivity index (χ0v) is 31.9. The lowest BCUT2D eigenvalue weighted by atomic mass is 9.96. The summed E-state index contributed by atoms with van der Waals surface area (Å²) in [5.41, 5.74) is 2.40. The summed E-state index contributed by atoms with van der Waals surface area (Å²) in [6.45, 7) is 1.47. The van der Waals surface area contributed by atoms with Crippen LogP contribution in [0.1, 0.15) is 47.0 Å². The number of fused-ring (bicyclic) bond motifs is 1. The third-order valence-corrected chi connectivity index (χ3v) is 9.31. The number of aromatic nitrogens is 2. The molecule has 13 nitrogen and oxygen atoms in total. The molecular weight excluding hydrogens is 741 g/mol. The van der Waals surface area contributed by atoms with Gasteiger partial charge in [0.15, 0.2) is 24.5 Å². The molecule has 5 atom stereocenters. The standard InChI is InChI=1S/C45H40N4O9/c1-28-24-25-33-34(26-28)46-45(47-39(33)49(2)3)48-40-38(58-44(53)32-22-14-7-15-23-32)37(57-43(52)31-20-12-6-13-21-31)36(56-42(51)30-18-10-5-11-19-30)35(55-40)27-54-41(50)29-16-8-4-9-17-29/h4-26,35-38,40H,27H2,1-3H3,(H,46,47,48)/t35-,36+,37+,38-,40-/m1/s1. The molecule has 0 bridgehead atoms. The Morgan fingerprint density at radius 2 is 1.07 bits per heavy atom.